The van der Waals surface area contributed by atoms with E-state index in [1.807, 2.05) is 18.2 Å². The highest BCUT2D eigenvalue weighted by atomic mass is 35.5. The average Bonchev–Trinajstić information content (AvgIpc) is 3.10. The van der Waals surface area contributed by atoms with Gasteiger partial charge < -0.3 is 14.5 Å². The van der Waals surface area contributed by atoms with E-state index in [1.54, 1.807) is 7.11 Å². The van der Waals surface area contributed by atoms with Crippen molar-refractivity contribution in [3.63, 3.8) is 0 Å². The molecular formula is C21H26ClN3O. The Kier molecular flexibility index (Phi) is 5.32. The number of halogens is 1. The van der Waals surface area contributed by atoms with Gasteiger partial charge in [0.15, 0.2) is 0 Å². The molecule has 1 aromatic carbocycles. The zero-order valence-corrected chi connectivity index (χ0v) is 16.1. The first kappa shape index (κ1) is 17.6. The summed E-state index contributed by atoms with van der Waals surface area (Å²) < 4.78 is 5.23. The molecule has 1 aromatic heterocycles. The van der Waals surface area contributed by atoms with Crippen LogP contribution in [0.5, 0.6) is 5.75 Å². The van der Waals surface area contributed by atoms with Crippen molar-refractivity contribution in [1.29, 1.82) is 0 Å². The fourth-order valence-corrected chi connectivity index (χ4v) is 4.28. The predicted molar refractivity (Wildman–Crippen MR) is 106 cm³/mol. The molecule has 4 rings (SSSR count). The summed E-state index contributed by atoms with van der Waals surface area (Å²) in [5.74, 6) is 2.04. The third-order valence-corrected chi connectivity index (χ3v) is 5.90. The molecule has 0 spiro atoms. The third-order valence-electron chi connectivity index (χ3n) is 5.69. The van der Waals surface area contributed by atoms with E-state index >= 15 is 0 Å². The fourth-order valence-electron chi connectivity index (χ4n) is 4.13. The van der Waals surface area contributed by atoms with Crippen LogP contribution in [-0.4, -0.2) is 49.2 Å². The second kappa shape index (κ2) is 7.85. The topological polar surface area (TPSA) is 28.6 Å². The minimum atomic E-state index is 0.597. The molecule has 0 unspecified atom stereocenters. The monoisotopic (exact) mass is 371 g/mol. The fraction of sp³-hybridized carbons (Fsp3) is 0.476. The molecule has 26 heavy (non-hydrogen) atoms. The van der Waals surface area contributed by atoms with Crippen molar-refractivity contribution in [3.8, 4) is 5.75 Å². The minimum Gasteiger partial charge on any atom is -0.497 e. The molecule has 2 aliphatic rings. The molecule has 0 saturated carbocycles. The average molecular weight is 372 g/mol. The Labute approximate surface area is 160 Å². The lowest BCUT2D eigenvalue weighted by Crippen LogP contribution is -2.45. The van der Waals surface area contributed by atoms with Gasteiger partial charge in [-0.3, -0.25) is 0 Å². The lowest BCUT2D eigenvalue weighted by molar-refractivity contribution is 0.211. The van der Waals surface area contributed by atoms with Crippen molar-refractivity contribution < 1.29 is 4.74 Å². The maximum Gasteiger partial charge on any atom is 0.133 e. The Morgan fingerprint density at radius 1 is 1.08 bits per heavy atom. The number of rotatable bonds is 5. The molecule has 138 valence electrons. The van der Waals surface area contributed by atoms with Crippen LogP contribution in [0.2, 0.25) is 5.15 Å². The SMILES string of the molecule is COc1ccc(CCN2CCC(N3CCc4ccc(Cl)nc43)CC2)cc1. The molecule has 2 aliphatic heterocycles. The molecule has 1 saturated heterocycles. The highest BCUT2D eigenvalue weighted by Gasteiger charge is 2.30. The summed E-state index contributed by atoms with van der Waals surface area (Å²) in [4.78, 5) is 9.66. The number of fused-ring (bicyclic) bond motifs is 1. The number of anilines is 1. The lowest BCUT2D eigenvalue weighted by atomic mass is 10.0. The van der Waals surface area contributed by atoms with E-state index in [-0.39, 0.29) is 0 Å². The van der Waals surface area contributed by atoms with Crippen molar-refractivity contribution in [3.05, 3.63) is 52.7 Å². The Morgan fingerprint density at radius 2 is 1.85 bits per heavy atom. The third kappa shape index (κ3) is 3.81. The van der Waals surface area contributed by atoms with E-state index in [0.717, 1.165) is 50.6 Å². The smallest absolute Gasteiger partial charge is 0.133 e. The first-order chi connectivity index (χ1) is 12.7. The molecule has 1 fully saturated rings. The van der Waals surface area contributed by atoms with Gasteiger partial charge in [0.2, 0.25) is 0 Å². The van der Waals surface area contributed by atoms with Crippen LogP contribution in [0.3, 0.4) is 0 Å². The van der Waals surface area contributed by atoms with Crippen LogP contribution in [0, 0.1) is 0 Å². The number of hydrogen-bond acceptors (Lipinski definition) is 4. The highest BCUT2D eigenvalue weighted by Crippen LogP contribution is 2.32. The van der Waals surface area contributed by atoms with Crippen LogP contribution >= 0.6 is 11.6 Å². The van der Waals surface area contributed by atoms with Crippen LogP contribution in [0.1, 0.15) is 24.0 Å². The molecule has 0 atom stereocenters. The highest BCUT2D eigenvalue weighted by molar-refractivity contribution is 6.29. The molecule has 0 aliphatic carbocycles. The largest absolute Gasteiger partial charge is 0.497 e. The van der Waals surface area contributed by atoms with Crippen LogP contribution in [-0.2, 0) is 12.8 Å². The summed E-state index contributed by atoms with van der Waals surface area (Å²) in [6.07, 6.45) is 4.60. The van der Waals surface area contributed by atoms with Gasteiger partial charge in [-0.1, -0.05) is 29.8 Å². The van der Waals surface area contributed by atoms with Gasteiger partial charge in [0.1, 0.15) is 16.7 Å². The van der Waals surface area contributed by atoms with Crippen molar-refractivity contribution >= 4 is 17.4 Å². The summed E-state index contributed by atoms with van der Waals surface area (Å²) in [6, 6.07) is 13.1. The van der Waals surface area contributed by atoms with Crippen LogP contribution in [0.15, 0.2) is 36.4 Å². The molecule has 4 nitrogen and oxygen atoms in total. The Balaban J connectivity index is 1.29. The number of piperidine rings is 1. The maximum atomic E-state index is 6.12. The number of ether oxygens (including phenoxy) is 1. The number of nitrogens with zero attached hydrogens (tertiary/aromatic N) is 3. The van der Waals surface area contributed by atoms with E-state index in [4.69, 9.17) is 16.3 Å². The van der Waals surface area contributed by atoms with Crippen molar-refractivity contribution in [2.45, 2.75) is 31.7 Å². The van der Waals surface area contributed by atoms with Crippen LogP contribution in [0.4, 0.5) is 5.82 Å². The first-order valence-corrected chi connectivity index (χ1v) is 9.88. The lowest BCUT2D eigenvalue weighted by Gasteiger charge is -2.37. The van der Waals surface area contributed by atoms with Crippen LogP contribution in [0.25, 0.3) is 0 Å². The van der Waals surface area contributed by atoms with E-state index in [9.17, 15) is 0 Å². The normalized spacial score (nSPS) is 18.2. The minimum absolute atomic E-state index is 0.597. The number of hydrogen-bond donors (Lipinski definition) is 0. The number of benzene rings is 1. The number of likely N-dealkylation sites (tertiary alicyclic amines) is 1. The van der Waals surface area contributed by atoms with Gasteiger partial charge >= 0.3 is 0 Å². The summed E-state index contributed by atoms with van der Waals surface area (Å²) in [6.45, 7) is 4.53. The van der Waals surface area contributed by atoms with Crippen molar-refractivity contribution in [2.75, 3.05) is 38.2 Å². The van der Waals surface area contributed by atoms with Gasteiger partial charge in [0.25, 0.3) is 0 Å². The number of aromatic nitrogens is 1. The number of pyridine rings is 1. The molecule has 5 heteroatoms. The second-order valence-corrected chi connectivity index (χ2v) is 7.62. The summed E-state index contributed by atoms with van der Waals surface area (Å²) in [5, 5.41) is 0.604. The van der Waals surface area contributed by atoms with Gasteiger partial charge in [-0.2, -0.15) is 0 Å². The van der Waals surface area contributed by atoms with Crippen molar-refractivity contribution in [1.82, 2.24) is 9.88 Å². The molecule has 0 radical (unpaired) electrons. The van der Waals surface area contributed by atoms with Crippen LogP contribution < -0.4 is 9.64 Å². The van der Waals surface area contributed by atoms with Gasteiger partial charge in [0.05, 0.1) is 7.11 Å². The van der Waals surface area contributed by atoms with Gasteiger partial charge in [-0.25, -0.2) is 4.98 Å². The Hall–Kier alpha value is -1.78. The van der Waals surface area contributed by atoms with Gasteiger partial charge in [-0.15, -0.1) is 0 Å². The van der Waals surface area contributed by atoms with Crippen molar-refractivity contribution in [2.24, 2.45) is 0 Å². The molecule has 2 aromatic rings. The maximum absolute atomic E-state index is 6.12. The molecule has 0 bridgehead atoms. The summed E-state index contributed by atoms with van der Waals surface area (Å²) >= 11 is 6.12. The van der Waals surface area contributed by atoms with Gasteiger partial charge in [-0.05, 0) is 55.0 Å². The van der Waals surface area contributed by atoms with E-state index in [1.165, 1.54) is 24.0 Å². The second-order valence-electron chi connectivity index (χ2n) is 7.23. The quantitative estimate of drug-likeness (QED) is 0.747. The zero-order valence-electron chi connectivity index (χ0n) is 15.3. The van der Waals surface area contributed by atoms with E-state index < -0.39 is 0 Å². The molecule has 3 heterocycles. The Bertz CT molecular complexity index is 741. The summed E-state index contributed by atoms with van der Waals surface area (Å²) in [5.41, 5.74) is 2.72. The standard InChI is InChI=1S/C21H26ClN3O/c1-26-19-5-2-16(3-6-19)8-12-24-13-10-18(11-14-24)25-15-9-17-4-7-20(22)23-21(17)25/h2-7,18H,8-15H2,1H3. The van der Waals surface area contributed by atoms with Gasteiger partial charge in [0, 0.05) is 32.2 Å². The first-order valence-electron chi connectivity index (χ1n) is 9.50. The van der Waals surface area contributed by atoms with E-state index in [2.05, 4.69) is 33.0 Å². The molecule has 0 N–H and O–H groups in total. The summed E-state index contributed by atoms with van der Waals surface area (Å²) in [7, 11) is 1.71. The Morgan fingerprint density at radius 3 is 2.58 bits per heavy atom. The molecule has 0 amide bonds. The zero-order chi connectivity index (χ0) is 17.9. The number of methoxy groups -OCH3 is 1. The predicted octanol–water partition coefficient (Wildman–Crippen LogP) is 3.81. The van der Waals surface area contributed by atoms with E-state index in [0.29, 0.717) is 11.2 Å². The molecular weight excluding hydrogens is 346 g/mol.